The molecule has 136 valence electrons. The highest BCUT2D eigenvalue weighted by Crippen LogP contribution is 2.12. The molecular formula is C22H21N3O2. The van der Waals surface area contributed by atoms with E-state index in [2.05, 4.69) is 39.8 Å². The Kier molecular flexibility index (Phi) is 6.70. The molecule has 0 aliphatic rings. The number of amides is 1. The largest absolute Gasteiger partial charge is 0.494 e. The van der Waals surface area contributed by atoms with Crippen molar-refractivity contribution in [3.05, 3.63) is 95.8 Å². The molecular weight excluding hydrogens is 338 g/mol. The summed E-state index contributed by atoms with van der Waals surface area (Å²) >= 11 is 0. The molecule has 1 amide bonds. The maximum atomic E-state index is 11.9. The van der Waals surface area contributed by atoms with Gasteiger partial charge in [0.1, 0.15) is 5.75 Å². The van der Waals surface area contributed by atoms with Crippen molar-refractivity contribution in [3.63, 3.8) is 0 Å². The molecule has 0 spiro atoms. The lowest BCUT2D eigenvalue weighted by Gasteiger charge is -2.06. The number of hydrazone groups is 1. The molecule has 0 unspecified atom stereocenters. The van der Waals surface area contributed by atoms with Gasteiger partial charge in [0.2, 0.25) is 0 Å². The second kappa shape index (κ2) is 9.87. The third-order valence-corrected chi connectivity index (χ3v) is 3.92. The molecule has 0 aliphatic carbocycles. The first-order chi connectivity index (χ1) is 13.3. The van der Waals surface area contributed by atoms with E-state index in [0.29, 0.717) is 12.2 Å². The molecule has 0 aliphatic heterocycles. The van der Waals surface area contributed by atoms with Gasteiger partial charge >= 0.3 is 0 Å². The summed E-state index contributed by atoms with van der Waals surface area (Å²) in [5.41, 5.74) is 5.20. The molecule has 3 aromatic rings. The fraction of sp³-hybridized carbons (Fsp3) is 0.136. The zero-order valence-electron chi connectivity index (χ0n) is 14.9. The minimum atomic E-state index is -0.271. The summed E-state index contributed by atoms with van der Waals surface area (Å²) in [6, 6.07) is 21.2. The molecule has 0 atom stereocenters. The van der Waals surface area contributed by atoms with Crippen LogP contribution in [0.5, 0.6) is 5.75 Å². The van der Waals surface area contributed by atoms with Gasteiger partial charge in [-0.15, -0.1) is 0 Å². The Morgan fingerprint density at radius 2 is 1.74 bits per heavy atom. The maximum Gasteiger partial charge on any atom is 0.271 e. The van der Waals surface area contributed by atoms with Crippen LogP contribution in [0.4, 0.5) is 0 Å². The lowest BCUT2D eigenvalue weighted by atomic mass is 10.1. The first-order valence-corrected chi connectivity index (χ1v) is 8.81. The van der Waals surface area contributed by atoms with Crippen LogP contribution in [0, 0.1) is 0 Å². The smallest absolute Gasteiger partial charge is 0.271 e. The Labute approximate surface area is 158 Å². The number of aryl methyl sites for hydroxylation is 1. The van der Waals surface area contributed by atoms with Gasteiger partial charge in [0.15, 0.2) is 0 Å². The van der Waals surface area contributed by atoms with E-state index in [9.17, 15) is 4.79 Å². The summed E-state index contributed by atoms with van der Waals surface area (Å²) in [6.45, 7) is 0.671. The van der Waals surface area contributed by atoms with E-state index in [-0.39, 0.29) is 5.91 Å². The number of hydrogen-bond donors (Lipinski definition) is 1. The van der Waals surface area contributed by atoms with Crippen LogP contribution >= 0.6 is 0 Å². The molecule has 0 bridgehead atoms. The number of ether oxygens (including phenoxy) is 1. The number of carbonyl (C=O) groups is 1. The lowest BCUT2D eigenvalue weighted by molar-refractivity contribution is 0.0955. The third-order valence-electron chi connectivity index (χ3n) is 3.92. The van der Waals surface area contributed by atoms with E-state index >= 15 is 0 Å². The van der Waals surface area contributed by atoms with Crippen LogP contribution in [-0.4, -0.2) is 23.7 Å². The van der Waals surface area contributed by atoms with Crippen LogP contribution in [0.15, 0.2) is 84.2 Å². The highest BCUT2D eigenvalue weighted by atomic mass is 16.5. The van der Waals surface area contributed by atoms with Crippen LogP contribution in [0.25, 0.3) is 0 Å². The first-order valence-electron chi connectivity index (χ1n) is 8.81. The van der Waals surface area contributed by atoms with Crippen molar-refractivity contribution in [1.29, 1.82) is 0 Å². The van der Waals surface area contributed by atoms with E-state index < -0.39 is 0 Å². The fourth-order valence-corrected chi connectivity index (χ4v) is 2.49. The van der Waals surface area contributed by atoms with Crippen molar-refractivity contribution in [2.75, 3.05) is 6.61 Å². The van der Waals surface area contributed by atoms with Crippen molar-refractivity contribution in [1.82, 2.24) is 10.4 Å². The first kappa shape index (κ1) is 18.3. The van der Waals surface area contributed by atoms with Crippen LogP contribution in [0.2, 0.25) is 0 Å². The summed E-state index contributed by atoms with van der Waals surface area (Å²) in [4.78, 5) is 15.7. The van der Waals surface area contributed by atoms with Gasteiger partial charge in [-0.2, -0.15) is 5.10 Å². The van der Waals surface area contributed by atoms with Gasteiger partial charge < -0.3 is 4.74 Å². The molecule has 3 rings (SSSR count). The summed E-state index contributed by atoms with van der Waals surface area (Å²) in [6.07, 6.45) is 6.70. The Bertz CT molecular complexity index is 863. The van der Waals surface area contributed by atoms with E-state index in [1.807, 2.05) is 30.3 Å². The number of benzene rings is 2. The molecule has 0 saturated carbocycles. The van der Waals surface area contributed by atoms with Crippen LogP contribution in [0.1, 0.15) is 27.9 Å². The fourth-order valence-electron chi connectivity index (χ4n) is 2.49. The standard InChI is InChI=1S/C22H21N3O2/c26-22(20-12-14-23-15-13-20)25-24-17-19-8-10-21(11-9-19)27-16-4-7-18-5-2-1-3-6-18/h1-3,5-6,8-15,17H,4,7,16H2,(H,25,26)/b24-17-. The number of hydrogen-bond acceptors (Lipinski definition) is 4. The molecule has 1 heterocycles. The van der Waals surface area contributed by atoms with E-state index in [1.54, 1.807) is 30.7 Å². The van der Waals surface area contributed by atoms with Crippen LogP contribution in [0.3, 0.4) is 0 Å². The quantitative estimate of drug-likeness (QED) is 0.377. The highest BCUT2D eigenvalue weighted by Gasteiger charge is 2.02. The molecule has 1 N–H and O–H groups in total. The number of nitrogens with zero attached hydrogens (tertiary/aromatic N) is 2. The zero-order chi connectivity index (χ0) is 18.7. The minimum Gasteiger partial charge on any atom is -0.494 e. The second-order valence-electron chi connectivity index (χ2n) is 5.94. The van der Waals surface area contributed by atoms with Crippen molar-refractivity contribution in [2.24, 2.45) is 5.10 Å². The third kappa shape index (κ3) is 6.08. The van der Waals surface area contributed by atoms with Gasteiger partial charge in [-0.05, 0) is 60.4 Å². The zero-order valence-corrected chi connectivity index (χ0v) is 14.9. The molecule has 5 nitrogen and oxygen atoms in total. The predicted octanol–water partition coefficient (Wildman–Crippen LogP) is 3.86. The number of aromatic nitrogens is 1. The molecule has 0 fully saturated rings. The van der Waals surface area contributed by atoms with Gasteiger partial charge in [0.25, 0.3) is 5.91 Å². The van der Waals surface area contributed by atoms with E-state index in [0.717, 1.165) is 24.2 Å². The molecule has 27 heavy (non-hydrogen) atoms. The van der Waals surface area contributed by atoms with E-state index in [4.69, 9.17) is 4.74 Å². The van der Waals surface area contributed by atoms with Crippen molar-refractivity contribution < 1.29 is 9.53 Å². The summed E-state index contributed by atoms with van der Waals surface area (Å²) < 4.78 is 5.76. The molecule has 0 radical (unpaired) electrons. The molecule has 1 aromatic heterocycles. The van der Waals surface area contributed by atoms with Crippen molar-refractivity contribution in [3.8, 4) is 5.75 Å². The number of pyridine rings is 1. The predicted molar refractivity (Wildman–Crippen MR) is 106 cm³/mol. The average Bonchev–Trinajstić information content (AvgIpc) is 2.73. The second-order valence-corrected chi connectivity index (χ2v) is 5.94. The van der Waals surface area contributed by atoms with Gasteiger partial charge in [-0.3, -0.25) is 9.78 Å². The summed E-state index contributed by atoms with van der Waals surface area (Å²) in [5, 5.41) is 3.97. The lowest BCUT2D eigenvalue weighted by Crippen LogP contribution is -2.17. The maximum absolute atomic E-state index is 11.9. The van der Waals surface area contributed by atoms with Gasteiger partial charge in [-0.1, -0.05) is 30.3 Å². The number of nitrogens with one attached hydrogen (secondary N) is 1. The molecule has 5 heteroatoms. The van der Waals surface area contributed by atoms with Gasteiger partial charge in [0, 0.05) is 18.0 Å². The SMILES string of the molecule is O=C(N/N=C\c1ccc(OCCCc2ccccc2)cc1)c1ccncc1. The minimum absolute atomic E-state index is 0.271. The Balaban J connectivity index is 1.41. The Hall–Kier alpha value is -3.47. The van der Waals surface area contributed by atoms with Crippen LogP contribution < -0.4 is 10.2 Å². The highest BCUT2D eigenvalue weighted by molar-refractivity contribution is 5.94. The Morgan fingerprint density at radius 3 is 2.48 bits per heavy atom. The van der Waals surface area contributed by atoms with Gasteiger partial charge in [-0.25, -0.2) is 5.43 Å². The monoisotopic (exact) mass is 359 g/mol. The van der Waals surface area contributed by atoms with Crippen molar-refractivity contribution in [2.45, 2.75) is 12.8 Å². The number of rotatable bonds is 8. The van der Waals surface area contributed by atoms with E-state index in [1.165, 1.54) is 5.56 Å². The number of carbonyl (C=O) groups excluding carboxylic acids is 1. The Morgan fingerprint density at radius 1 is 1.00 bits per heavy atom. The summed E-state index contributed by atoms with van der Waals surface area (Å²) in [5.74, 6) is 0.549. The van der Waals surface area contributed by atoms with Gasteiger partial charge in [0.05, 0.1) is 12.8 Å². The summed E-state index contributed by atoms with van der Waals surface area (Å²) in [7, 11) is 0. The molecule has 0 saturated heterocycles. The normalized spacial score (nSPS) is 10.7. The molecule has 2 aromatic carbocycles. The average molecular weight is 359 g/mol. The van der Waals surface area contributed by atoms with Crippen LogP contribution in [-0.2, 0) is 6.42 Å². The topological polar surface area (TPSA) is 63.6 Å². The van der Waals surface area contributed by atoms with Crippen molar-refractivity contribution >= 4 is 12.1 Å².